The van der Waals surface area contributed by atoms with Gasteiger partial charge in [-0.05, 0) is 13.3 Å². The summed E-state index contributed by atoms with van der Waals surface area (Å²) in [4.78, 5) is 2.48. The molecule has 2 aliphatic rings. The van der Waals surface area contributed by atoms with Gasteiger partial charge in [-0.3, -0.25) is 4.90 Å². The van der Waals surface area contributed by atoms with E-state index in [0.717, 1.165) is 32.8 Å². The SMILES string of the molecule is CC1=CCN(CC2CNCCO2)CC1. The van der Waals surface area contributed by atoms with Gasteiger partial charge in [-0.25, -0.2) is 0 Å². The Kier molecular flexibility index (Phi) is 3.56. The molecule has 0 radical (unpaired) electrons. The second-order valence-electron chi connectivity index (χ2n) is 4.26. The first kappa shape index (κ1) is 10.1. The first-order valence-electron chi connectivity index (χ1n) is 5.55. The summed E-state index contributed by atoms with van der Waals surface area (Å²) >= 11 is 0. The van der Waals surface area contributed by atoms with Crippen molar-refractivity contribution < 1.29 is 4.74 Å². The van der Waals surface area contributed by atoms with Gasteiger partial charge in [0, 0.05) is 32.7 Å². The number of hydrogen-bond donors (Lipinski definition) is 1. The second kappa shape index (κ2) is 4.91. The Bertz CT molecular complexity index is 209. The molecule has 2 heterocycles. The van der Waals surface area contributed by atoms with Crippen LogP contribution in [0.2, 0.25) is 0 Å². The summed E-state index contributed by atoms with van der Waals surface area (Å²) in [6, 6.07) is 0. The first-order valence-corrected chi connectivity index (χ1v) is 5.55. The van der Waals surface area contributed by atoms with Crippen LogP contribution in [0.1, 0.15) is 13.3 Å². The minimum absolute atomic E-state index is 0.399. The van der Waals surface area contributed by atoms with E-state index < -0.39 is 0 Å². The molecular formula is C11H20N2O. The van der Waals surface area contributed by atoms with Crippen LogP contribution in [0.25, 0.3) is 0 Å². The zero-order valence-electron chi connectivity index (χ0n) is 8.96. The summed E-state index contributed by atoms with van der Waals surface area (Å²) in [6.45, 7) is 8.49. The molecular weight excluding hydrogens is 176 g/mol. The highest BCUT2D eigenvalue weighted by Gasteiger charge is 2.18. The predicted octanol–water partition coefficient (Wildman–Crippen LogP) is 0.627. The summed E-state index contributed by atoms with van der Waals surface area (Å²) in [6.07, 6.45) is 3.95. The lowest BCUT2D eigenvalue weighted by Gasteiger charge is -2.31. The molecule has 0 saturated carbocycles. The average molecular weight is 196 g/mol. The molecule has 0 bridgehead atoms. The lowest BCUT2D eigenvalue weighted by molar-refractivity contribution is 0.00700. The van der Waals surface area contributed by atoms with Crippen LogP contribution in [0.3, 0.4) is 0 Å². The average Bonchev–Trinajstić information content (AvgIpc) is 2.23. The summed E-state index contributed by atoms with van der Waals surface area (Å²) in [5, 5.41) is 3.37. The quantitative estimate of drug-likeness (QED) is 0.656. The Balaban J connectivity index is 1.74. The monoisotopic (exact) mass is 196 g/mol. The molecule has 1 N–H and O–H groups in total. The van der Waals surface area contributed by atoms with Crippen LogP contribution in [0.4, 0.5) is 0 Å². The van der Waals surface area contributed by atoms with Crippen LogP contribution >= 0.6 is 0 Å². The Labute approximate surface area is 86.1 Å². The molecule has 0 aromatic rings. The molecule has 0 spiro atoms. The maximum Gasteiger partial charge on any atom is 0.0826 e. The van der Waals surface area contributed by atoms with Gasteiger partial charge in [-0.15, -0.1) is 0 Å². The third-order valence-electron chi connectivity index (χ3n) is 2.99. The lowest BCUT2D eigenvalue weighted by atomic mass is 10.1. The third-order valence-corrected chi connectivity index (χ3v) is 2.99. The topological polar surface area (TPSA) is 24.5 Å². The Morgan fingerprint density at radius 3 is 3.21 bits per heavy atom. The third kappa shape index (κ3) is 2.80. The molecule has 1 fully saturated rings. The largest absolute Gasteiger partial charge is 0.374 e. The van der Waals surface area contributed by atoms with Crippen LogP contribution in [-0.2, 0) is 4.74 Å². The maximum absolute atomic E-state index is 5.68. The number of hydrogen-bond acceptors (Lipinski definition) is 3. The first-order chi connectivity index (χ1) is 6.84. The molecule has 80 valence electrons. The van der Waals surface area contributed by atoms with E-state index in [4.69, 9.17) is 4.74 Å². The standard InChI is InChI=1S/C11H20N2O/c1-10-2-5-13(6-3-10)9-11-8-12-4-7-14-11/h2,11-12H,3-9H2,1H3. The van der Waals surface area contributed by atoms with Crippen molar-refractivity contribution in [2.75, 3.05) is 39.3 Å². The van der Waals surface area contributed by atoms with Crippen molar-refractivity contribution in [1.82, 2.24) is 10.2 Å². The van der Waals surface area contributed by atoms with Gasteiger partial charge in [-0.1, -0.05) is 11.6 Å². The smallest absolute Gasteiger partial charge is 0.0826 e. The summed E-state index contributed by atoms with van der Waals surface area (Å²) in [7, 11) is 0. The minimum atomic E-state index is 0.399. The number of ether oxygens (including phenoxy) is 1. The molecule has 0 aromatic carbocycles. The molecule has 1 atom stereocenters. The Morgan fingerprint density at radius 2 is 2.57 bits per heavy atom. The van der Waals surface area contributed by atoms with Gasteiger partial charge < -0.3 is 10.1 Å². The molecule has 0 aromatic heterocycles. The molecule has 3 heteroatoms. The van der Waals surface area contributed by atoms with E-state index in [1.54, 1.807) is 0 Å². The van der Waals surface area contributed by atoms with Crippen molar-refractivity contribution in [3.8, 4) is 0 Å². The maximum atomic E-state index is 5.68. The van der Waals surface area contributed by atoms with Crippen LogP contribution in [0.5, 0.6) is 0 Å². The summed E-state index contributed by atoms with van der Waals surface area (Å²) in [5.41, 5.74) is 1.53. The van der Waals surface area contributed by atoms with Gasteiger partial charge in [0.25, 0.3) is 0 Å². The van der Waals surface area contributed by atoms with E-state index in [1.807, 2.05) is 0 Å². The molecule has 0 amide bonds. The highest BCUT2D eigenvalue weighted by molar-refractivity contribution is 5.03. The van der Waals surface area contributed by atoms with Crippen molar-refractivity contribution in [3.05, 3.63) is 11.6 Å². The fraction of sp³-hybridized carbons (Fsp3) is 0.818. The van der Waals surface area contributed by atoms with Gasteiger partial charge in [0.05, 0.1) is 12.7 Å². The van der Waals surface area contributed by atoms with Crippen LogP contribution in [0.15, 0.2) is 11.6 Å². The molecule has 14 heavy (non-hydrogen) atoms. The molecule has 2 rings (SSSR count). The number of morpholine rings is 1. The van der Waals surface area contributed by atoms with Crippen molar-refractivity contribution in [1.29, 1.82) is 0 Å². The van der Waals surface area contributed by atoms with E-state index >= 15 is 0 Å². The Morgan fingerprint density at radius 1 is 1.64 bits per heavy atom. The fourth-order valence-electron chi connectivity index (χ4n) is 2.00. The summed E-state index contributed by atoms with van der Waals surface area (Å²) in [5.74, 6) is 0. The van der Waals surface area contributed by atoms with Gasteiger partial charge in [0.2, 0.25) is 0 Å². The van der Waals surface area contributed by atoms with Crippen molar-refractivity contribution in [2.24, 2.45) is 0 Å². The highest BCUT2D eigenvalue weighted by atomic mass is 16.5. The normalized spacial score (nSPS) is 30.1. The number of nitrogens with one attached hydrogen (secondary N) is 1. The highest BCUT2D eigenvalue weighted by Crippen LogP contribution is 2.10. The second-order valence-corrected chi connectivity index (χ2v) is 4.26. The Hall–Kier alpha value is -0.380. The van der Waals surface area contributed by atoms with Crippen LogP contribution in [0, 0.1) is 0 Å². The van der Waals surface area contributed by atoms with Gasteiger partial charge in [0.1, 0.15) is 0 Å². The van der Waals surface area contributed by atoms with Crippen molar-refractivity contribution >= 4 is 0 Å². The van der Waals surface area contributed by atoms with Gasteiger partial charge in [-0.2, -0.15) is 0 Å². The zero-order chi connectivity index (χ0) is 9.80. The van der Waals surface area contributed by atoms with Crippen molar-refractivity contribution in [3.63, 3.8) is 0 Å². The van der Waals surface area contributed by atoms with Crippen LogP contribution < -0.4 is 5.32 Å². The van der Waals surface area contributed by atoms with E-state index in [9.17, 15) is 0 Å². The van der Waals surface area contributed by atoms with Crippen LogP contribution in [-0.4, -0.2) is 50.3 Å². The zero-order valence-corrected chi connectivity index (χ0v) is 8.96. The predicted molar refractivity (Wildman–Crippen MR) is 57.4 cm³/mol. The van der Waals surface area contributed by atoms with E-state index in [-0.39, 0.29) is 0 Å². The van der Waals surface area contributed by atoms with E-state index in [2.05, 4.69) is 23.2 Å². The molecule has 2 aliphatic heterocycles. The molecule has 3 nitrogen and oxygen atoms in total. The molecule has 0 aliphatic carbocycles. The van der Waals surface area contributed by atoms with Crippen molar-refractivity contribution in [2.45, 2.75) is 19.4 Å². The fourth-order valence-corrected chi connectivity index (χ4v) is 2.00. The lowest BCUT2D eigenvalue weighted by Crippen LogP contribution is -2.46. The van der Waals surface area contributed by atoms with Gasteiger partial charge in [0.15, 0.2) is 0 Å². The molecule has 1 unspecified atom stereocenters. The minimum Gasteiger partial charge on any atom is -0.374 e. The van der Waals surface area contributed by atoms with E-state index in [1.165, 1.54) is 18.5 Å². The number of rotatable bonds is 2. The van der Waals surface area contributed by atoms with Gasteiger partial charge >= 0.3 is 0 Å². The molecule has 1 saturated heterocycles. The van der Waals surface area contributed by atoms with E-state index in [0.29, 0.717) is 6.10 Å². The summed E-state index contributed by atoms with van der Waals surface area (Å²) < 4.78 is 5.68. The number of nitrogens with zero attached hydrogens (tertiary/aromatic N) is 1.